The molecule has 1 aromatic carbocycles. The summed E-state index contributed by atoms with van der Waals surface area (Å²) in [5.41, 5.74) is 0. The fraction of sp³-hybridized carbons (Fsp3) is 0.400. The smallest absolute Gasteiger partial charge is 0.335 e. The number of benzene rings is 1. The maximum absolute atomic E-state index is 11.5. The Morgan fingerprint density at radius 2 is 1.67 bits per heavy atom. The molecular formula is C15H20O5S. The lowest BCUT2D eigenvalue weighted by Gasteiger charge is -2.19. The minimum atomic E-state index is -0.605. The molecule has 0 bridgehead atoms. The van der Waals surface area contributed by atoms with E-state index in [-0.39, 0.29) is 5.75 Å². The summed E-state index contributed by atoms with van der Waals surface area (Å²) in [6.07, 6.45) is 1.07. The topological polar surface area (TPSA) is 54.0 Å². The van der Waals surface area contributed by atoms with Crippen LogP contribution in [0.4, 0.5) is 0 Å². The quantitative estimate of drug-likeness (QED) is 0.345. The number of esters is 1. The Hall–Kier alpha value is -1.82. The Morgan fingerprint density at radius 3 is 2.19 bits per heavy atom. The molecule has 0 radical (unpaired) electrons. The second-order valence-electron chi connectivity index (χ2n) is 3.81. The van der Waals surface area contributed by atoms with Crippen molar-refractivity contribution in [2.75, 3.05) is 19.8 Å². The molecule has 116 valence electrons. The summed E-state index contributed by atoms with van der Waals surface area (Å²) < 4.78 is 21.8. The summed E-state index contributed by atoms with van der Waals surface area (Å²) in [6.45, 7) is 10.1. The van der Waals surface area contributed by atoms with Crippen molar-refractivity contribution in [1.82, 2.24) is 0 Å². The largest absolute Gasteiger partial charge is 0.490 e. The second kappa shape index (κ2) is 8.46. The molecule has 1 aromatic rings. The average molecular weight is 312 g/mol. The summed E-state index contributed by atoms with van der Waals surface area (Å²) in [6, 6.07) is 1.63. The van der Waals surface area contributed by atoms with E-state index in [0.717, 1.165) is 6.08 Å². The SMILES string of the molecule is C=CC(=O)Oc1c(OCC)cc(S)c(OCC)c1OCC. The molecule has 0 amide bonds. The van der Waals surface area contributed by atoms with Crippen LogP contribution < -0.4 is 18.9 Å². The van der Waals surface area contributed by atoms with E-state index in [9.17, 15) is 4.79 Å². The van der Waals surface area contributed by atoms with Crippen LogP contribution in [0.25, 0.3) is 0 Å². The highest BCUT2D eigenvalue weighted by Gasteiger charge is 2.23. The predicted octanol–water partition coefficient (Wildman–Crippen LogP) is 3.26. The van der Waals surface area contributed by atoms with Gasteiger partial charge in [-0.2, -0.15) is 0 Å². The maximum atomic E-state index is 11.5. The molecule has 0 aliphatic heterocycles. The third-order valence-corrected chi connectivity index (χ3v) is 2.72. The van der Waals surface area contributed by atoms with E-state index >= 15 is 0 Å². The molecule has 0 saturated carbocycles. The van der Waals surface area contributed by atoms with Crippen LogP contribution in [-0.2, 0) is 4.79 Å². The van der Waals surface area contributed by atoms with Gasteiger partial charge in [-0.15, -0.1) is 12.6 Å². The first kappa shape index (κ1) is 17.2. The third-order valence-electron chi connectivity index (χ3n) is 2.38. The zero-order chi connectivity index (χ0) is 15.8. The fourth-order valence-electron chi connectivity index (χ4n) is 1.65. The highest BCUT2D eigenvalue weighted by atomic mass is 32.1. The van der Waals surface area contributed by atoms with Gasteiger partial charge in [0.15, 0.2) is 11.5 Å². The third kappa shape index (κ3) is 4.32. The molecule has 0 spiro atoms. The molecule has 5 nitrogen and oxygen atoms in total. The number of hydrogen-bond donors (Lipinski definition) is 1. The fourth-order valence-corrected chi connectivity index (χ4v) is 1.93. The maximum Gasteiger partial charge on any atom is 0.335 e. The Kier molecular flexibility index (Phi) is 6.94. The molecule has 0 atom stereocenters. The van der Waals surface area contributed by atoms with Gasteiger partial charge < -0.3 is 18.9 Å². The first-order chi connectivity index (χ1) is 10.1. The highest BCUT2D eigenvalue weighted by Crippen LogP contribution is 2.48. The molecule has 0 fully saturated rings. The van der Waals surface area contributed by atoms with Crippen LogP contribution in [0.1, 0.15) is 20.8 Å². The average Bonchev–Trinajstić information content (AvgIpc) is 2.46. The Morgan fingerprint density at radius 1 is 1.10 bits per heavy atom. The standard InChI is InChI=1S/C15H20O5S/c1-5-12(16)20-13-10(17-6-2)9-11(21)14(18-7-3)15(13)19-8-4/h5,9,21H,1,6-8H2,2-4H3. The number of carbonyl (C=O) groups excluding carboxylic acids is 1. The summed E-state index contributed by atoms with van der Waals surface area (Å²) in [4.78, 5) is 12.1. The molecule has 0 saturated heterocycles. The van der Waals surface area contributed by atoms with Crippen molar-refractivity contribution in [3.63, 3.8) is 0 Å². The van der Waals surface area contributed by atoms with Gasteiger partial charge in [-0.1, -0.05) is 6.58 Å². The second-order valence-corrected chi connectivity index (χ2v) is 4.29. The lowest BCUT2D eigenvalue weighted by Crippen LogP contribution is -2.09. The van der Waals surface area contributed by atoms with Gasteiger partial charge >= 0.3 is 5.97 Å². The summed E-state index contributed by atoms with van der Waals surface area (Å²) in [5.74, 6) is 0.643. The van der Waals surface area contributed by atoms with Gasteiger partial charge in [0.05, 0.1) is 24.7 Å². The van der Waals surface area contributed by atoms with Gasteiger partial charge in [0.1, 0.15) is 0 Å². The zero-order valence-corrected chi connectivity index (χ0v) is 13.4. The van der Waals surface area contributed by atoms with E-state index in [1.807, 2.05) is 20.8 Å². The first-order valence-corrected chi connectivity index (χ1v) is 7.16. The van der Waals surface area contributed by atoms with Crippen molar-refractivity contribution in [2.24, 2.45) is 0 Å². The number of rotatable bonds is 8. The molecule has 21 heavy (non-hydrogen) atoms. The lowest BCUT2D eigenvalue weighted by molar-refractivity contribution is -0.129. The number of ether oxygens (including phenoxy) is 4. The van der Waals surface area contributed by atoms with E-state index in [2.05, 4.69) is 19.2 Å². The van der Waals surface area contributed by atoms with Crippen LogP contribution in [-0.4, -0.2) is 25.8 Å². The number of hydrogen-bond acceptors (Lipinski definition) is 6. The van der Waals surface area contributed by atoms with Crippen LogP contribution in [0.3, 0.4) is 0 Å². The van der Waals surface area contributed by atoms with Gasteiger partial charge in [-0.25, -0.2) is 4.79 Å². The Bertz CT molecular complexity index is 513. The molecule has 0 aromatic heterocycles. The molecule has 0 heterocycles. The minimum Gasteiger partial charge on any atom is -0.490 e. The van der Waals surface area contributed by atoms with Crippen molar-refractivity contribution in [1.29, 1.82) is 0 Å². The van der Waals surface area contributed by atoms with Crippen LogP contribution in [0.5, 0.6) is 23.0 Å². The number of carbonyl (C=O) groups is 1. The van der Waals surface area contributed by atoms with Gasteiger partial charge in [0.25, 0.3) is 0 Å². The molecule has 0 aliphatic carbocycles. The zero-order valence-electron chi connectivity index (χ0n) is 12.5. The van der Waals surface area contributed by atoms with Gasteiger partial charge in [-0.05, 0) is 20.8 Å². The molecule has 6 heteroatoms. The van der Waals surface area contributed by atoms with Gasteiger partial charge in [-0.3, -0.25) is 0 Å². The van der Waals surface area contributed by atoms with Crippen molar-refractivity contribution < 1.29 is 23.7 Å². The highest BCUT2D eigenvalue weighted by molar-refractivity contribution is 7.80. The Balaban J connectivity index is 3.45. The molecule has 0 N–H and O–H groups in total. The summed E-state index contributed by atoms with van der Waals surface area (Å²) in [7, 11) is 0. The van der Waals surface area contributed by atoms with Gasteiger partial charge in [0.2, 0.25) is 11.5 Å². The van der Waals surface area contributed by atoms with Crippen molar-refractivity contribution >= 4 is 18.6 Å². The van der Waals surface area contributed by atoms with Gasteiger partial charge in [0, 0.05) is 12.1 Å². The van der Waals surface area contributed by atoms with E-state index < -0.39 is 5.97 Å². The van der Waals surface area contributed by atoms with Crippen LogP contribution in [0.2, 0.25) is 0 Å². The van der Waals surface area contributed by atoms with Crippen LogP contribution >= 0.6 is 12.6 Å². The van der Waals surface area contributed by atoms with Crippen molar-refractivity contribution in [3.8, 4) is 23.0 Å². The molecule has 0 aliphatic rings. The van der Waals surface area contributed by atoms with Crippen molar-refractivity contribution in [2.45, 2.75) is 25.7 Å². The number of thiol groups is 1. The van der Waals surface area contributed by atoms with E-state index in [1.54, 1.807) is 6.07 Å². The van der Waals surface area contributed by atoms with E-state index in [0.29, 0.717) is 42.0 Å². The van der Waals surface area contributed by atoms with Crippen LogP contribution in [0.15, 0.2) is 23.6 Å². The first-order valence-electron chi connectivity index (χ1n) is 6.71. The normalized spacial score (nSPS) is 9.90. The molecule has 0 unspecified atom stereocenters. The Labute approximate surface area is 130 Å². The van der Waals surface area contributed by atoms with E-state index in [4.69, 9.17) is 18.9 Å². The van der Waals surface area contributed by atoms with Crippen molar-refractivity contribution in [3.05, 3.63) is 18.7 Å². The molecule has 1 rings (SSSR count). The van der Waals surface area contributed by atoms with Crippen LogP contribution in [0, 0.1) is 0 Å². The summed E-state index contributed by atoms with van der Waals surface area (Å²) >= 11 is 4.37. The predicted molar refractivity (Wildman–Crippen MR) is 83.0 cm³/mol. The summed E-state index contributed by atoms with van der Waals surface area (Å²) in [5, 5.41) is 0. The monoisotopic (exact) mass is 312 g/mol. The van der Waals surface area contributed by atoms with E-state index in [1.165, 1.54) is 0 Å². The minimum absolute atomic E-state index is 0.171. The molecular weight excluding hydrogens is 292 g/mol. The lowest BCUT2D eigenvalue weighted by atomic mass is 10.2.